The molecule has 0 bridgehead atoms. The van der Waals surface area contributed by atoms with Gasteiger partial charge in [0.05, 0.1) is 0 Å². The zero-order valence-corrected chi connectivity index (χ0v) is 19.7. The Morgan fingerprint density at radius 2 is 1.56 bits per heavy atom. The standard InChI is InChI=1S/C28H26F2N4O2/c29-25-8-4-7-23(27(25)30)19-32-15-17-33(18-16-32)28(35)26-13-14-34(31-26)20-36-24-11-9-22(10-12-24)21-5-2-1-3-6-21/h1-14H,15-20H2. The van der Waals surface area contributed by atoms with Crippen LogP contribution < -0.4 is 4.74 Å². The zero-order chi connectivity index (χ0) is 24.9. The smallest absolute Gasteiger partial charge is 0.274 e. The lowest BCUT2D eigenvalue weighted by Gasteiger charge is -2.34. The molecule has 0 N–H and O–H groups in total. The van der Waals surface area contributed by atoms with Gasteiger partial charge >= 0.3 is 0 Å². The summed E-state index contributed by atoms with van der Waals surface area (Å²) in [7, 11) is 0. The van der Waals surface area contributed by atoms with Crippen molar-refractivity contribution in [1.29, 1.82) is 0 Å². The first kappa shape index (κ1) is 23.7. The van der Waals surface area contributed by atoms with Crippen molar-refractivity contribution in [2.75, 3.05) is 26.2 Å². The third kappa shape index (κ3) is 5.44. The van der Waals surface area contributed by atoms with Crippen molar-refractivity contribution in [3.8, 4) is 16.9 Å². The number of rotatable bonds is 7. The summed E-state index contributed by atoms with van der Waals surface area (Å²) in [6.45, 7) is 2.63. The van der Waals surface area contributed by atoms with Crippen molar-refractivity contribution < 1.29 is 18.3 Å². The normalized spacial score (nSPS) is 14.1. The summed E-state index contributed by atoms with van der Waals surface area (Å²) in [5.41, 5.74) is 2.92. The van der Waals surface area contributed by atoms with Gasteiger partial charge in [0.15, 0.2) is 24.1 Å². The van der Waals surface area contributed by atoms with Crippen LogP contribution in [0.3, 0.4) is 0 Å². The average molecular weight is 489 g/mol. The van der Waals surface area contributed by atoms with E-state index in [0.29, 0.717) is 49.7 Å². The second kappa shape index (κ2) is 10.7. The van der Waals surface area contributed by atoms with E-state index >= 15 is 0 Å². The molecule has 0 radical (unpaired) electrons. The Morgan fingerprint density at radius 3 is 2.31 bits per heavy atom. The third-order valence-corrected chi connectivity index (χ3v) is 6.27. The lowest BCUT2D eigenvalue weighted by atomic mass is 10.1. The van der Waals surface area contributed by atoms with E-state index in [9.17, 15) is 13.6 Å². The molecule has 8 heteroatoms. The maximum absolute atomic E-state index is 14.0. The van der Waals surface area contributed by atoms with E-state index < -0.39 is 11.6 Å². The molecular weight excluding hydrogens is 462 g/mol. The number of piperazine rings is 1. The number of amides is 1. The largest absolute Gasteiger partial charge is 0.471 e. The van der Waals surface area contributed by atoms with Crippen molar-refractivity contribution in [3.63, 3.8) is 0 Å². The number of carbonyl (C=O) groups is 1. The Morgan fingerprint density at radius 1 is 0.833 bits per heavy atom. The van der Waals surface area contributed by atoms with Crippen molar-refractivity contribution in [2.45, 2.75) is 13.3 Å². The molecule has 36 heavy (non-hydrogen) atoms. The molecule has 184 valence electrons. The highest BCUT2D eigenvalue weighted by atomic mass is 19.2. The Labute approximate surface area is 208 Å². The van der Waals surface area contributed by atoms with Crippen LogP contribution in [0.15, 0.2) is 85.1 Å². The first-order valence-corrected chi connectivity index (χ1v) is 11.8. The molecule has 0 unspecified atom stereocenters. The monoisotopic (exact) mass is 488 g/mol. The number of hydrogen-bond acceptors (Lipinski definition) is 4. The summed E-state index contributed by atoms with van der Waals surface area (Å²) < 4.78 is 34.8. The summed E-state index contributed by atoms with van der Waals surface area (Å²) in [6.07, 6.45) is 1.72. The molecule has 1 aromatic heterocycles. The minimum atomic E-state index is -0.843. The second-order valence-electron chi connectivity index (χ2n) is 8.69. The van der Waals surface area contributed by atoms with Gasteiger partial charge in [0.1, 0.15) is 5.75 Å². The molecule has 0 spiro atoms. The zero-order valence-electron chi connectivity index (χ0n) is 19.7. The fourth-order valence-electron chi connectivity index (χ4n) is 4.25. The minimum absolute atomic E-state index is 0.155. The number of carbonyl (C=O) groups excluding carboxylic acids is 1. The van der Waals surface area contributed by atoms with E-state index in [4.69, 9.17) is 4.74 Å². The molecule has 6 nitrogen and oxygen atoms in total. The van der Waals surface area contributed by atoms with Gasteiger partial charge < -0.3 is 9.64 Å². The van der Waals surface area contributed by atoms with Crippen LogP contribution in [-0.2, 0) is 13.3 Å². The average Bonchev–Trinajstić information content (AvgIpc) is 3.40. The first-order valence-electron chi connectivity index (χ1n) is 11.8. The molecule has 0 atom stereocenters. The quantitative estimate of drug-likeness (QED) is 0.374. The van der Waals surface area contributed by atoms with Gasteiger partial charge in [-0.15, -0.1) is 0 Å². The summed E-state index contributed by atoms with van der Waals surface area (Å²) >= 11 is 0. The predicted molar refractivity (Wildman–Crippen MR) is 132 cm³/mol. The van der Waals surface area contributed by atoms with E-state index in [2.05, 4.69) is 17.2 Å². The fourth-order valence-corrected chi connectivity index (χ4v) is 4.25. The van der Waals surface area contributed by atoms with Crippen LogP contribution in [0.4, 0.5) is 8.78 Å². The van der Waals surface area contributed by atoms with Crippen molar-refractivity contribution >= 4 is 5.91 Å². The molecule has 1 aliphatic rings. The number of halogens is 2. The maximum atomic E-state index is 14.0. The maximum Gasteiger partial charge on any atom is 0.274 e. The van der Waals surface area contributed by atoms with Crippen LogP contribution in [0.2, 0.25) is 0 Å². The fraction of sp³-hybridized carbons (Fsp3) is 0.214. The van der Waals surface area contributed by atoms with Crippen molar-refractivity contribution in [2.24, 2.45) is 0 Å². The van der Waals surface area contributed by atoms with E-state index in [1.165, 1.54) is 6.07 Å². The molecule has 2 heterocycles. The molecule has 3 aromatic carbocycles. The first-order chi connectivity index (χ1) is 17.6. The summed E-state index contributed by atoms with van der Waals surface area (Å²) in [5, 5.41) is 4.37. The number of aromatic nitrogens is 2. The van der Waals surface area contributed by atoms with Crippen LogP contribution in [0, 0.1) is 11.6 Å². The summed E-state index contributed by atoms with van der Waals surface area (Å²) in [5.74, 6) is -1.09. The topological polar surface area (TPSA) is 50.6 Å². The van der Waals surface area contributed by atoms with E-state index in [1.54, 1.807) is 27.9 Å². The van der Waals surface area contributed by atoms with Crippen LogP contribution in [0.25, 0.3) is 11.1 Å². The molecule has 1 aliphatic heterocycles. The molecular formula is C28H26F2N4O2. The highest BCUT2D eigenvalue weighted by Gasteiger charge is 2.24. The Balaban J connectivity index is 1.11. The van der Waals surface area contributed by atoms with Gasteiger partial charge in [0.2, 0.25) is 0 Å². The van der Waals surface area contributed by atoms with Gasteiger partial charge in [0.25, 0.3) is 5.91 Å². The van der Waals surface area contributed by atoms with Crippen LogP contribution in [0.5, 0.6) is 5.75 Å². The summed E-state index contributed by atoms with van der Waals surface area (Å²) in [6, 6.07) is 23.8. The van der Waals surface area contributed by atoms with Gasteiger partial charge in [-0.1, -0.05) is 54.6 Å². The number of nitrogens with zero attached hydrogens (tertiary/aromatic N) is 4. The molecule has 4 aromatic rings. The lowest BCUT2D eigenvalue weighted by Crippen LogP contribution is -2.48. The molecule has 5 rings (SSSR count). The van der Waals surface area contributed by atoms with Crippen LogP contribution in [0.1, 0.15) is 16.1 Å². The van der Waals surface area contributed by atoms with Crippen LogP contribution in [-0.4, -0.2) is 51.7 Å². The number of hydrogen-bond donors (Lipinski definition) is 0. The number of ether oxygens (including phenoxy) is 1. The SMILES string of the molecule is O=C(c1ccn(COc2ccc(-c3ccccc3)cc2)n1)N1CCN(Cc2cccc(F)c2F)CC1. The third-order valence-electron chi connectivity index (χ3n) is 6.27. The lowest BCUT2D eigenvalue weighted by molar-refractivity contribution is 0.0619. The molecule has 0 aliphatic carbocycles. The molecule has 1 fully saturated rings. The Bertz CT molecular complexity index is 1320. The van der Waals surface area contributed by atoms with Crippen molar-refractivity contribution in [3.05, 3.63) is 108 Å². The Hall–Kier alpha value is -4.04. The van der Waals surface area contributed by atoms with E-state index in [-0.39, 0.29) is 12.6 Å². The van der Waals surface area contributed by atoms with Crippen LogP contribution >= 0.6 is 0 Å². The second-order valence-corrected chi connectivity index (χ2v) is 8.69. The Kier molecular flexibility index (Phi) is 7.04. The predicted octanol–water partition coefficient (Wildman–Crippen LogP) is 4.82. The molecule has 1 saturated heterocycles. The van der Waals surface area contributed by atoms with E-state index in [0.717, 1.165) is 17.2 Å². The van der Waals surface area contributed by atoms with E-state index in [1.807, 2.05) is 47.4 Å². The molecule has 0 saturated carbocycles. The molecule has 1 amide bonds. The number of benzene rings is 3. The highest BCUT2D eigenvalue weighted by molar-refractivity contribution is 5.92. The van der Waals surface area contributed by atoms with Gasteiger partial charge in [-0.2, -0.15) is 5.10 Å². The van der Waals surface area contributed by atoms with Crippen molar-refractivity contribution in [1.82, 2.24) is 19.6 Å². The van der Waals surface area contributed by atoms with Gasteiger partial charge in [-0.25, -0.2) is 13.5 Å². The van der Waals surface area contributed by atoms with Gasteiger partial charge in [0, 0.05) is 44.5 Å². The minimum Gasteiger partial charge on any atom is -0.471 e. The summed E-state index contributed by atoms with van der Waals surface area (Å²) in [4.78, 5) is 16.6. The van der Waals surface area contributed by atoms with Gasteiger partial charge in [-0.05, 0) is 35.4 Å². The van der Waals surface area contributed by atoms with Gasteiger partial charge in [-0.3, -0.25) is 9.69 Å². The highest BCUT2D eigenvalue weighted by Crippen LogP contribution is 2.22.